The van der Waals surface area contributed by atoms with E-state index < -0.39 is 35.2 Å². The Hall–Kier alpha value is -4.27. The number of aliphatic hydroxyl groups excluding tert-OH is 1. The van der Waals surface area contributed by atoms with Crippen molar-refractivity contribution in [1.29, 1.82) is 0 Å². The molecule has 9 heteroatoms. The third kappa shape index (κ3) is 4.77. The normalized spacial score (nSPS) is 17.4. The fourth-order valence-corrected chi connectivity index (χ4v) is 4.12. The highest BCUT2D eigenvalue weighted by atomic mass is 19.4. The number of aliphatic hydroxyl groups is 1. The maximum absolute atomic E-state index is 13.2. The van der Waals surface area contributed by atoms with Crippen LogP contribution in [0.2, 0.25) is 0 Å². The summed E-state index contributed by atoms with van der Waals surface area (Å²) >= 11 is 0. The molecule has 1 aliphatic rings. The molecule has 1 aliphatic heterocycles. The van der Waals surface area contributed by atoms with Crippen molar-refractivity contribution in [2.45, 2.75) is 18.8 Å². The Bertz CT molecular complexity index is 1310. The average molecular weight is 497 g/mol. The van der Waals surface area contributed by atoms with E-state index in [9.17, 15) is 27.9 Å². The molecule has 1 N–H and O–H groups in total. The lowest BCUT2D eigenvalue weighted by Gasteiger charge is -2.26. The van der Waals surface area contributed by atoms with E-state index in [4.69, 9.17) is 9.47 Å². The molecule has 1 saturated heterocycles. The average Bonchev–Trinajstić information content (AvgIpc) is 3.13. The van der Waals surface area contributed by atoms with Crippen molar-refractivity contribution in [3.8, 4) is 11.5 Å². The van der Waals surface area contributed by atoms with Crippen molar-refractivity contribution in [2.75, 3.05) is 14.2 Å². The third-order valence-electron chi connectivity index (χ3n) is 5.94. The molecule has 0 bridgehead atoms. The molecule has 0 spiro atoms. The predicted octanol–water partition coefficient (Wildman–Crippen LogP) is 5.34. The largest absolute Gasteiger partial charge is 0.507 e. The number of rotatable bonds is 6. The van der Waals surface area contributed by atoms with E-state index in [1.54, 1.807) is 48.5 Å². The van der Waals surface area contributed by atoms with Crippen LogP contribution in [0.5, 0.6) is 11.5 Å². The summed E-state index contributed by atoms with van der Waals surface area (Å²) in [5.74, 6) is -1.20. The number of Topliss-reactive ketones (excluding diaryl/α,β-unsaturated/α-hetero) is 1. The van der Waals surface area contributed by atoms with Crippen LogP contribution < -0.4 is 9.47 Å². The zero-order valence-corrected chi connectivity index (χ0v) is 19.4. The van der Waals surface area contributed by atoms with Gasteiger partial charge in [0.05, 0.1) is 31.4 Å². The number of alkyl halides is 3. The molecule has 6 nitrogen and oxygen atoms in total. The minimum atomic E-state index is -4.56. The summed E-state index contributed by atoms with van der Waals surface area (Å²) < 4.78 is 50.0. The van der Waals surface area contributed by atoms with Gasteiger partial charge in [0.15, 0.2) is 0 Å². The number of ether oxygens (including phenoxy) is 2. The Morgan fingerprint density at radius 2 is 1.50 bits per heavy atom. The van der Waals surface area contributed by atoms with Crippen molar-refractivity contribution < 1.29 is 37.3 Å². The summed E-state index contributed by atoms with van der Waals surface area (Å²) in [6, 6.07) is 16.3. The Labute approximate surface area is 205 Å². The van der Waals surface area contributed by atoms with Crippen LogP contribution in [-0.4, -0.2) is 35.9 Å². The summed E-state index contributed by atoms with van der Waals surface area (Å²) in [6.45, 7) is -0.273. The molecule has 0 aliphatic carbocycles. The lowest BCUT2D eigenvalue weighted by Crippen LogP contribution is -2.29. The molecule has 186 valence electrons. The van der Waals surface area contributed by atoms with Crippen LogP contribution in [0.4, 0.5) is 13.2 Å². The molecule has 36 heavy (non-hydrogen) atoms. The van der Waals surface area contributed by atoms with E-state index in [-0.39, 0.29) is 23.2 Å². The summed E-state index contributed by atoms with van der Waals surface area (Å²) in [6.07, 6.45) is -4.56. The van der Waals surface area contributed by atoms with Gasteiger partial charge in [0, 0.05) is 12.1 Å². The quantitative estimate of drug-likeness (QED) is 0.283. The van der Waals surface area contributed by atoms with Gasteiger partial charge in [-0.25, -0.2) is 0 Å². The number of nitrogens with zero attached hydrogens (tertiary/aromatic N) is 1. The smallest absolute Gasteiger partial charge is 0.416 e. The van der Waals surface area contributed by atoms with Crippen molar-refractivity contribution >= 4 is 17.4 Å². The SMILES string of the molecule is COc1ccc(/C(O)=C2\C(=O)C(=O)N(Cc3cccc(C(F)(F)F)c3)C2c2ccc(OC)cc2)cc1. The van der Waals surface area contributed by atoms with Gasteiger partial charge in [0.2, 0.25) is 0 Å². The second-order valence-corrected chi connectivity index (χ2v) is 8.13. The van der Waals surface area contributed by atoms with Gasteiger partial charge in [-0.1, -0.05) is 24.3 Å². The highest BCUT2D eigenvalue weighted by molar-refractivity contribution is 6.46. The third-order valence-corrected chi connectivity index (χ3v) is 5.94. The highest BCUT2D eigenvalue weighted by Gasteiger charge is 2.46. The molecule has 1 atom stereocenters. The van der Waals surface area contributed by atoms with Crippen LogP contribution in [0.25, 0.3) is 5.76 Å². The first-order chi connectivity index (χ1) is 17.1. The Kier molecular flexibility index (Phi) is 6.74. The van der Waals surface area contributed by atoms with Gasteiger partial charge in [-0.05, 0) is 59.7 Å². The molecule has 1 heterocycles. The second-order valence-electron chi connectivity index (χ2n) is 8.13. The molecular weight excluding hydrogens is 475 g/mol. The summed E-state index contributed by atoms with van der Waals surface area (Å²) in [4.78, 5) is 27.4. The number of methoxy groups -OCH3 is 2. The maximum atomic E-state index is 13.2. The van der Waals surface area contributed by atoms with E-state index in [0.29, 0.717) is 17.1 Å². The Morgan fingerprint density at radius 3 is 2.06 bits per heavy atom. The van der Waals surface area contributed by atoms with Crippen LogP contribution >= 0.6 is 0 Å². The molecular formula is C27H22F3NO5. The molecule has 1 unspecified atom stereocenters. The number of ketones is 1. The number of hydrogen-bond donors (Lipinski definition) is 1. The molecule has 4 rings (SSSR count). The van der Waals surface area contributed by atoms with Crippen LogP contribution in [0.3, 0.4) is 0 Å². The van der Waals surface area contributed by atoms with Crippen molar-refractivity contribution in [1.82, 2.24) is 4.90 Å². The van der Waals surface area contributed by atoms with Crippen LogP contribution in [0, 0.1) is 0 Å². The van der Waals surface area contributed by atoms with Gasteiger partial charge in [-0.15, -0.1) is 0 Å². The lowest BCUT2D eigenvalue weighted by molar-refractivity contribution is -0.140. The number of likely N-dealkylation sites (tertiary alicyclic amines) is 1. The molecule has 0 saturated carbocycles. The zero-order chi connectivity index (χ0) is 26.0. The first-order valence-corrected chi connectivity index (χ1v) is 10.9. The van der Waals surface area contributed by atoms with Gasteiger partial charge in [-0.2, -0.15) is 13.2 Å². The van der Waals surface area contributed by atoms with Crippen LogP contribution in [-0.2, 0) is 22.3 Å². The number of hydrogen-bond acceptors (Lipinski definition) is 5. The minimum Gasteiger partial charge on any atom is -0.507 e. The van der Waals surface area contributed by atoms with E-state index in [2.05, 4.69) is 0 Å². The molecule has 3 aromatic rings. The number of halogens is 3. The van der Waals surface area contributed by atoms with E-state index in [0.717, 1.165) is 17.0 Å². The monoisotopic (exact) mass is 497 g/mol. The van der Waals surface area contributed by atoms with Gasteiger partial charge in [0.1, 0.15) is 17.3 Å². The standard InChI is InChI=1S/C27H22F3NO5/c1-35-20-10-6-17(7-11-20)23-22(24(32)18-8-12-21(36-2)13-9-18)25(33)26(34)31(23)15-16-4-3-5-19(14-16)27(28,29)30/h3-14,23,32H,15H2,1-2H3/b24-22+. The van der Waals surface area contributed by atoms with Crippen molar-refractivity contribution in [3.63, 3.8) is 0 Å². The predicted molar refractivity (Wildman–Crippen MR) is 125 cm³/mol. The van der Waals surface area contributed by atoms with Gasteiger partial charge < -0.3 is 19.5 Å². The topological polar surface area (TPSA) is 76.1 Å². The summed E-state index contributed by atoms with van der Waals surface area (Å²) in [7, 11) is 2.97. The number of carbonyl (C=O) groups excluding carboxylic acids is 2. The van der Waals surface area contributed by atoms with Gasteiger partial charge in [-0.3, -0.25) is 9.59 Å². The number of carbonyl (C=O) groups is 2. The highest BCUT2D eigenvalue weighted by Crippen LogP contribution is 2.41. The second kappa shape index (κ2) is 9.77. The Balaban J connectivity index is 1.82. The summed E-state index contributed by atoms with van der Waals surface area (Å²) in [5.41, 5.74) is -0.0729. The fraction of sp³-hybridized carbons (Fsp3) is 0.185. The zero-order valence-electron chi connectivity index (χ0n) is 19.4. The minimum absolute atomic E-state index is 0.165. The van der Waals surface area contributed by atoms with E-state index in [1.807, 2.05) is 0 Å². The molecule has 0 aromatic heterocycles. The number of benzene rings is 3. The lowest BCUT2D eigenvalue weighted by atomic mass is 9.95. The van der Waals surface area contributed by atoms with Gasteiger partial charge >= 0.3 is 6.18 Å². The first kappa shape index (κ1) is 24.8. The van der Waals surface area contributed by atoms with E-state index in [1.165, 1.54) is 26.4 Å². The molecule has 1 amide bonds. The van der Waals surface area contributed by atoms with E-state index >= 15 is 0 Å². The first-order valence-electron chi connectivity index (χ1n) is 10.9. The van der Waals surface area contributed by atoms with Crippen LogP contribution in [0.15, 0.2) is 78.4 Å². The van der Waals surface area contributed by atoms with Crippen molar-refractivity contribution in [3.05, 3.63) is 101 Å². The fourth-order valence-electron chi connectivity index (χ4n) is 4.12. The Morgan fingerprint density at radius 1 is 0.917 bits per heavy atom. The van der Waals surface area contributed by atoms with Crippen LogP contribution in [0.1, 0.15) is 28.3 Å². The van der Waals surface area contributed by atoms with Crippen molar-refractivity contribution in [2.24, 2.45) is 0 Å². The molecule has 3 aromatic carbocycles. The van der Waals surface area contributed by atoms with Gasteiger partial charge in [0.25, 0.3) is 11.7 Å². The molecule has 0 radical (unpaired) electrons. The summed E-state index contributed by atoms with van der Waals surface area (Å²) in [5, 5.41) is 11.1. The molecule has 1 fully saturated rings. The maximum Gasteiger partial charge on any atom is 0.416 e. The number of amides is 1.